The molecule has 0 radical (unpaired) electrons. The molecule has 0 amide bonds. The summed E-state index contributed by atoms with van der Waals surface area (Å²) in [4.78, 5) is 11.2. The monoisotopic (exact) mass is 184 g/mol. The number of Topliss-reactive ketones (excluding diaryl/α,β-unsaturated/α-hetero) is 1. The number of hydrogen-bond acceptors (Lipinski definition) is 1. The summed E-state index contributed by atoms with van der Waals surface area (Å²) in [7, 11) is 0. The largest absolute Gasteiger partial charge is 0.300 e. The van der Waals surface area contributed by atoms with Crippen molar-refractivity contribution in [1.82, 2.24) is 0 Å². The Morgan fingerprint density at radius 1 is 1.08 bits per heavy atom. The first kappa shape index (κ1) is 12.7. The standard InChI is InChI=1S/C12H24O/c1-4-7-11(3)9-6-10-12(13)8-5-2/h11H,4-10H2,1-3H3. The smallest absolute Gasteiger partial charge is 0.132 e. The highest BCUT2D eigenvalue weighted by molar-refractivity contribution is 5.78. The van der Waals surface area contributed by atoms with Gasteiger partial charge in [0.1, 0.15) is 5.78 Å². The van der Waals surface area contributed by atoms with Crippen molar-refractivity contribution in [3.63, 3.8) is 0 Å². The zero-order valence-corrected chi connectivity index (χ0v) is 9.44. The van der Waals surface area contributed by atoms with Crippen molar-refractivity contribution in [2.75, 3.05) is 0 Å². The number of ketones is 1. The van der Waals surface area contributed by atoms with Gasteiger partial charge in [0, 0.05) is 12.8 Å². The van der Waals surface area contributed by atoms with Crippen LogP contribution < -0.4 is 0 Å². The molecule has 0 saturated carbocycles. The minimum Gasteiger partial charge on any atom is -0.300 e. The highest BCUT2D eigenvalue weighted by Crippen LogP contribution is 2.14. The molecule has 0 aliphatic carbocycles. The summed E-state index contributed by atoms with van der Waals surface area (Å²) >= 11 is 0. The zero-order valence-electron chi connectivity index (χ0n) is 9.44. The molecule has 0 saturated heterocycles. The van der Waals surface area contributed by atoms with E-state index in [1.807, 2.05) is 0 Å². The van der Waals surface area contributed by atoms with Crippen LogP contribution in [0.1, 0.15) is 65.7 Å². The van der Waals surface area contributed by atoms with Crippen LogP contribution in [0.3, 0.4) is 0 Å². The van der Waals surface area contributed by atoms with Gasteiger partial charge in [-0.2, -0.15) is 0 Å². The Bertz CT molecular complexity index is 129. The summed E-state index contributed by atoms with van der Waals surface area (Å²) in [6, 6.07) is 0. The minimum atomic E-state index is 0.450. The van der Waals surface area contributed by atoms with Gasteiger partial charge >= 0.3 is 0 Å². The average molecular weight is 184 g/mol. The van der Waals surface area contributed by atoms with E-state index in [1.54, 1.807) is 0 Å². The van der Waals surface area contributed by atoms with Crippen molar-refractivity contribution < 1.29 is 4.79 Å². The van der Waals surface area contributed by atoms with E-state index in [-0.39, 0.29) is 0 Å². The Morgan fingerprint density at radius 3 is 2.31 bits per heavy atom. The van der Waals surface area contributed by atoms with E-state index in [4.69, 9.17) is 0 Å². The van der Waals surface area contributed by atoms with Crippen molar-refractivity contribution in [3.05, 3.63) is 0 Å². The first-order chi connectivity index (χ1) is 6.20. The summed E-state index contributed by atoms with van der Waals surface area (Å²) in [5.41, 5.74) is 0. The predicted octanol–water partition coefficient (Wildman–Crippen LogP) is 3.96. The molecule has 0 aliphatic heterocycles. The Balaban J connectivity index is 3.28. The van der Waals surface area contributed by atoms with Gasteiger partial charge in [-0.15, -0.1) is 0 Å². The highest BCUT2D eigenvalue weighted by Gasteiger charge is 2.03. The maximum absolute atomic E-state index is 11.2. The molecule has 0 aromatic rings. The summed E-state index contributed by atoms with van der Waals surface area (Å²) < 4.78 is 0. The van der Waals surface area contributed by atoms with Gasteiger partial charge in [0.15, 0.2) is 0 Å². The van der Waals surface area contributed by atoms with E-state index in [1.165, 1.54) is 19.3 Å². The zero-order chi connectivity index (χ0) is 10.1. The molecule has 1 unspecified atom stereocenters. The maximum atomic E-state index is 11.2. The third kappa shape index (κ3) is 8.01. The Kier molecular flexibility index (Phi) is 8.07. The molecule has 1 heteroatoms. The normalized spacial score (nSPS) is 12.8. The lowest BCUT2D eigenvalue weighted by Crippen LogP contribution is -1.99. The maximum Gasteiger partial charge on any atom is 0.132 e. The van der Waals surface area contributed by atoms with Crippen molar-refractivity contribution in [2.45, 2.75) is 65.7 Å². The molecule has 13 heavy (non-hydrogen) atoms. The van der Waals surface area contributed by atoms with Crippen LogP contribution in [0, 0.1) is 5.92 Å². The van der Waals surface area contributed by atoms with Gasteiger partial charge in [-0.3, -0.25) is 4.79 Å². The molecule has 0 rings (SSSR count). The number of rotatable bonds is 8. The van der Waals surface area contributed by atoms with Crippen LogP contribution in [0.4, 0.5) is 0 Å². The second kappa shape index (κ2) is 8.28. The van der Waals surface area contributed by atoms with E-state index < -0.39 is 0 Å². The molecule has 0 heterocycles. The molecule has 0 aromatic heterocycles. The van der Waals surface area contributed by atoms with Crippen molar-refractivity contribution in [2.24, 2.45) is 5.92 Å². The fraction of sp³-hybridized carbons (Fsp3) is 0.917. The molecular weight excluding hydrogens is 160 g/mol. The van der Waals surface area contributed by atoms with Gasteiger partial charge in [-0.25, -0.2) is 0 Å². The summed E-state index contributed by atoms with van der Waals surface area (Å²) in [6.45, 7) is 6.57. The van der Waals surface area contributed by atoms with E-state index >= 15 is 0 Å². The summed E-state index contributed by atoms with van der Waals surface area (Å²) in [6.07, 6.45) is 7.49. The van der Waals surface area contributed by atoms with E-state index in [0.717, 1.165) is 31.6 Å². The fourth-order valence-corrected chi connectivity index (χ4v) is 1.69. The van der Waals surface area contributed by atoms with Gasteiger partial charge in [0.2, 0.25) is 0 Å². The molecule has 0 aliphatic rings. The lowest BCUT2D eigenvalue weighted by atomic mass is 9.98. The van der Waals surface area contributed by atoms with Crippen molar-refractivity contribution in [3.8, 4) is 0 Å². The average Bonchev–Trinajstić information content (AvgIpc) is 2.05. The summed E-state index contributed by atoms with van der Waals surface area (Å²) in [5, 5.41) is 0. The summed E-state index contributed by atoms with van der Waals surface area (Å²) in [5.74, 6) is 1.26. The quantitative estimate of drug-likeness (QED) is 0.558. The van der Waals surface area contributed by atoms with Crippen LogP contribution in [0.15, 0.2) is 0 Å². The lowest BCUT2D eigenvalue weighted by molar-refractivity contribution is -0.119. The molecule has 0 spiro atoms. The second-order valence-corrected chi connectivity index (χ2v) is 4.07. The first-order valence-corrected chi connectivity index (χ1v) is 5.72. The van der Waals surface area contributed by atoms with Crippen LogP contribution in [0.2, 0.25) is 0 Å². The molecule has 0 aromatic carbocycles. The van der Waals surface area contributed by atoms with Crippen LogP contribution in [-0.4, -0.2) is 5.78 Å². The third-order valence-corrected chi connectivity index (χ3v) is 2.46. The number of hydrogen-bond donors (Lipinski definition) is 0. The van der Waals surface area contributed by atoms with Gasteiger partial charge < -0.3 is 0 Å². The number of carbonyl (C=O) groups is 1. The Labute approximate surface area is 82.9 Å². The van der Waals surface area contributed by atoms with Crippen molar-refractivity contribution >= 4 is 5.78 Å². The SMILES string of the molecule is CCCC(=O)CCCC(C)CCC. The van der Waals surface area contributed by atoms with E-state index in [2.05, 4.69) is 20.8 Å². The second-order valence-electron chi connectivity index (χ2n) is 4.07. The predicted molar refractivity (Wildman–Crippen MR) is 57.8 cm³/mol. The van der Waals surface area contributed by atoms with Crippen LogP contribution >= 0.6 is 0 Å². The Hall–Kier alpha value is -0.330. The van der Waals surface area contributed by atoms with Crippen molar-refractivity contribution in [1.29, 1.82) is 0 Å². The first-order valence-electron chi connectivity index (χ1n) is 5.72. The minimum absolute atomic E-state index is 0.450. The third-order valence-electron chi connectivity index (χ3n) is 2.46. The molecule has 0 fully saturated rings. The van der Waals surface area contributed by atoms with Gasteiger partial charge in [-0.05, 0) is 18.8 Å². The molecule has 1 nitrogen and oxygen atoms in total. The topological polar surface area (TPSA) is 17.1 Å². The van der Waals surface area contributed by atoms with E-state index in [0.29, 0.717) is 5.78 Å². The number of carbonyl (C=O) groups excluding carboxylic acids is 1. The van der Waals surface area contributed by atoms with Gasteiger partial charge in [0.25, 0.3) is 0 Å². The van der Waals surface area contributed by atoms with Crippen LogP contribution in [0.5, 0.6) is 0 Å². The molecule has 0 bridgehead atoms. The highest BCUT2D eigenvalue weighted by atomic mass is 16.1. The van der Waals surface area contributed by atoms with E-state index in [9.17, 15) is 4.79 Å². The lowest BCUT2D eigenvalue weighted by Gasteiger charge is -2.08. The Morgan fingerprint density at radius 2 is 1.77 bits per heavy atom. The van der Waals surface area contributed by atoms with Gasteiger partial charge in [-0.1, -0.05) is 40.0 Å². The molecule has 78 valence electrons. The van der Waals surface area contributed by atoms with Gasteiger partial charge in [0.05, 0.1) is 0 Å². The molecule has 0 N–H and O–H groups in total. The molecular formula is C12H24O. The molecule has 1 atom stereocenters. The van der Waals surface area contributed by atoms with Crippen LogP contribution in [0.25, 0.3) is 0 Å². The fourth-order valence-electron chi connectivity index (χ4n) is 1.69. The van der Waals surface area contributed by atoms with Crippen LogP contribution in [-0.2, 0) is 4.79 Å².